The van der Waals surface area contributed by atoms with E-state index in [1.165, 1.54) is 14.2 Å². The van der Waals surface area contributed by atoms with Gasteiger partial charge in [0, 0.05) is 11.8 Å². The van der Waals surface area contributed by atoms with Crippen molar-refractivity contribution in [1.82, 2.24) is 10.2 Å². The van der Waals surface area contributed by atoms with Crippen molar-refractivity contribution < 1.29 is 28.6 Å². The summed E-state index contributed by atoms with van der Waals surface area (Å²) in [5, 5.41) is 5.54. The van der Waals surface area contributed by atoms with Gasteiger partial charge in [0.15, 0.2) is 11.5 Å². The Balaban J connectivity index is 1.53. The van der Waals surface area contributed by atoms with Gasteiger partial charge in [-0.25, -0.2) is 4.79 Å². The molecule has 1 aliphatic carbocycles. The fraction of sp³-hybridized carbons (Fsp3) is 0.348. The maximum atomic E-state index is 13.4. The summed E-state index contributed by atoms with van der Waals surface area (Å²) in [6.07, 6.45) is 2.00. The first-order valence-corrected chi connectivity index (χ1v) is 10.2. The molecule has 0 radical (unpaired) electrons. The monoisotopic (exact) mass is 439 g/mol. The van der Waals surface area contributed by atoms with Crippen LogP contribution in [0.1, 0.15) is 24.0 Å². The Morgan fingerprint density at radius 3 is 2.56 bits per heavy atom. The van der Waals surface area contributed by atoms with Crippen LogP contribution in [0, 0.1) is 0 Å². The molecule has 0 saturated carbocycles. The van der Waals surface area contributed by atoms with Gasteiger partial charge >= 0.3 is 6.03 Å². The number of ether oxygens (including phenoxy) is 3. The zero-order valence-electron chi connectivity index (χ0n) is 18.2. The maximum absolute atomic E-state index is 13.4. The van der Waals surface area contributed by atoms with Gasteiger partial charge in [-0.3, -0.25) is 14.5 Å². The Labute approximate surface area is 185 Å². The number of aryl methyl sites for hydroxylation is 1. The topological polar surface area (TPSA) is 106 Å². The third-order valence-corrected chi connectivity index (χ3v) is 5.91. The fourth-order valence-electron chi connectivity index (χ4n) is 4.38. The summed E-state index contributed by atoms with van der Waals surface area (Å²) in [5.41, 5.74) is 1.02. The first-order chi connectivity index (χ1) is 15.4. The fourth-order valence-corrected chi connectivity index (χ4v) is 4.38. The van der Waals surface area contributed by atoms with Crippen LogP contribution in [0.15, 0.2) is 36.4 Å². The van der Waals surface area contributed by atoms with Gasteiger partial charge in [-0.05, 0) is 54.7 Å². The molecule has 2 aromatic rings. The number of hydrogen-bond acceptors (Lipinski definition) is 6. The Bertz CT molecular complexity index is 1090. The van der Waals surface area contributed by atoms with E-state index in [-0.39, 0.29) is 0 Å². The summed E-state index contributed by atoms with van der Waals surface area (Å²) in [6.45, 7) is -0.397. The van der Waals surface area contributed by atoms with E-state index in [1.807, 2.05) is 12.1 Å². The molecular formula is C23H25N3O6. The number of amides is 4. The first kappa shape index (κ1) is 21.5. The lowest BCUT2D eigenvalue weighted by atomic mass is 9.76. The van der Waals surface area contributed by atoms with Gasteiger partial charge in [0.2, 0.25) is 5.91 Å². The van der Waals surface area contributed by atoms with E-state index in [4.69, 9.17) is 14.2 Å². The van der Waals surface area contributed by atoms with Crippen LogP contribution < -0.4 is 24.8 Å². The lowest BCUT2D eigenvalue weighted by Gasteiger charge is -2.33. The second kappa shape index (κ2) is 8.41. The van der Waals surface area contributed by atoms with Crippen LogP contribution in [0.3, 0.4) is 0 Å². The zero-order chi connectivity index (χ0) is 22.9. The molecule has 1 heterocycles. The molecule has 32 heavy (non-hydrogen) atoms. The van der Waals surface area contributed by atoms with Gasteiger partial charge in [0.05, 0.1) is 21.3 Å². The van der Waals surface area contributed by atoms with E-state index in [2.05, 4.69) is 10.6 Å². The van der Waals surface area contributed by atoms with Crippen LogP contribution in [-0.4, -0.2) is 50.6 Å². The predicted octanol–water partition coefficient (Wildman–Crippen LogP) is 2.43. The minimum atomic E-state index is -1.15. The summed E-state index contributed by atoms with van der Waals surface area (Å²) in [5.74, 6) is 0.756. The highest BCUT2D eigenvalue weighted by molar-refractivity contribution is 6.10. The molecule has 9 heteroatoms. The molecule has 1 spiro atoms. The summed E-state index contributed by atoms with van der Waals surface area (Å²) in [6, 6.07) is 9.82. The van der Waals surface area contributed by atoms with Crippen molar-refractivity contribution in [3.63, 3.8) is 0 Å². The summed E-state index contributed by atoms with van der Waals surface area (Å²) in [4.78, 5) is 39.7. The number of rotatable bonds is 6. The number of nitrogens with one attached hydrogen (secondary N) is 2. The Kier molecular flexibility index (Phi) is 5.65. The molecule has 9 nitrogen and oxygen atoms in total. The number of benzene rings is 2. The van der Waals surface area contributed by atoms with Crippen LogP contribution in [0.5, 0.6) is 17.2 Å². The molecule has 2 N–H and O–H groups in total. The average Bonchev–Trinajstić information content (AvgIpc) is 3.03. The van der Waals surface area contributed by atoms with E-state index < -0.39 is 29.9 Å². The Hall–Kier alpha value is -3.75. The van der Waals surface area contributed by atoms with Crippen molar-refractivity contribution in [3.05, 3.63) is 47.5 Å². The van der Waals surface area contributed by atoms with Gasteiger partial charge in [-0.15, -0.1) is 0 Å². The normalized spacial score (nSPS) is 19.4. The second-order valence-corrected chi connectivity index (χ2v) is 7.72. The Morgan fingerprint density at radius 1 is 1.06 bits per heavy atom. The van der Waals surface area contributed by atoms with Crippen LogP contribution in [0.25, 0.3) is 0 Å². The summed E-state index contributed by atoms with van der Waals surface area (Å²) in [7, 11) is 4.60. The van der Waals surface area contributed by atoms with Crippen molar-refractivity contribution in [2.75, 3.05) is 33.2 Å². The SMILES string of the molecule is COc1ccc2c(c1)CCC[C@@]21NC(=O)N(CC(=O)Nc2ccc(OC)c(OC)c2)C1=O. The molecule has 168 valence electrons. The van der Waals surface area contributed by atoms with Gasteiger partial charge in [0.25, 0.3) is 5.91 Å². The van der Waals surface area contributed by atoms with Gasteiger partial charge in [-0.2, -0.15) is 0 Å². The number of urea groups is 1. The number of hydrogen-bond donors (Lipinski definition) is 2. The standard InChI is InChI=1S/C23H25N3O6/c1-30-16-7-8-17-14(11-16)5-4-10-23(17)21(28)26(22(29)25-23)13-20(27)24-15-6-9-18(31-2)19(12-15)32-3/h6-9,11-12H,4-5,10,13H2,1-3H3,(H,24,27)(H,25,29)/t23-/m1/s1. The van der Waals surface area contributed by atoms with Crippen LogP contribution >= 0.6 is 0 Å². The summed E-state index contributed by atoms with van der Waals surface area (Å²) < 4.78 is 15.7. The number of carbonyl (C=O) groups is 3. The van der Waals surface area contributed by atoms with Crippen LogP contribution in [0.4, 0.5) is 10.5 Å². The quantitative estimate of drug-likeness (QED) is 0.670. The highest BCUT2D eigenvalue weighted by Gasteiger charge is 2.54. The molecule has 1 atom stereocenters. The molecular weight excluding hydrogens is 414 g/mol. The molecule has 1 fully saturated rings. The average molecular weight is 439 g/mol. The minimum Gasteiger partial charge on any atom is -0.497 e. The van der Waals surface area contributed by atoms with Crippen molar-refractivity contribution in [2.45, 2.75) is 24.8 Å². The predicted molar refractivity (Wildman–Crippen MR) is 116 cm³/mol. The minimum absolute atomic E-state index is 0.397. The number of fused-ring (bicyclic) bond motifs is 2. The van der Waals surface area contributed by atoms with E-state index in [0.717, 1.165) is 28.9 Å². The van der Waals surface area contributed by atoms with E-state index >= 15 is 0 Å². The van der Waals surface area contributed by atoms with Crippen molar-refractivity contribution in [3.8, 4) is 17.2 Å². The number of imide groups is 1. The third kappa shape index (κ3) is 3.59. The molecule has 1 saturated heterocycles. The molecule has 0 unspecified atom stereocenters. The van der Waals surface area contributed by atoms with Gasteiger partial charge < -0.3 is 24.8 Å². The Morgan fingerprint density at radius 2 is 1.84 bits per heavy atom. The molecule has 4 amide bonds. The van der Waals surface area contributed by atoms with Gasteiger partial charge in [-0.1, -0.05) is 6.07 Å². The largest absolute Gasteiger partial charge is 0.497 e. The van der Waals surface area contributed by atoms with Crippen molar-refractivity contribution in [2.24, 2.45) is 0 Å². The smallest absolute Gasteiger partial charge is 0.325 e. The highest BCUT2D eigenvalue weighted by atomic mass is 16.5. The molecule has 2 aromatic carbocycles. The zero-order valence-corrected chi connectivity index (χ0v) is 18.2. The second-order valence-electron chi connectivity index (χ2n) is 7.72. The van der Waals surface area contributed by atoms with E-state index in [1.54, 1.807) is 31.4 Å². The summed E-state index contributed by atoms with van der Waals surface area (Å²) >= 11 is 0. The molecule has 1 aliphatic heterocycles. The highest BCUT2D eigenvalue weighted by Crippen LogP contribution is 2.41. The molecule has 4 rings (SSSR count). The number of nitrogens with zero attached hydrogens (tertiary/aromatic N) is 1. The molecule has 0 bridgehead atoms. The van der Waals surface area contributed by atoms with E-state index in [0.29, 0.717) is 29.4 Å². The molecule has 0 aromatic heterocycles. The van der Waals surface area contributed by atoms with Crippen molar-refractivity contribution >= 4 is 23.5 Å². The molecule has 2 aliphatic rings. The van der Waals surface area contributed by atoms with Gasteiger partial charge in [0.1, 0.15) is 17.8 Å². The number of methoxy groups -OCH3 is 3. The maximum Gasteiger partial charge on any atom is 0.325 e. The number of anilines is 1. The third-order valence-electron chi connectivity index (χ3n) is 5.91. The first-order valence-electron chi connectivity index (χ1n) is 10.2. The van der Waals surface area contributed by atoms with E-state index in [9.17, 15) is 14.4 Å². The van der Waals surface area contributed by atoms with Crippen molar-refractivity contribution in [1.29, 1.82) is 0 Å². The number of carbonyl (C=O) groups excluding carboxylic acids is 3. The lowest BCUT2D eigenvalue weighted by Crippen LogP contribution is -2.47. The van der Waals surface area contributed by atoms with Crippen LogP contribution in [-0.2, 0) is 21.5 Å². The lowest BCUT2D eigenvalue weighted by molar-refractivity contribution is -0.134. The van der Waals surface area contributed by atoms with Crippen LogP contribution in [0.2, 0.25) is 0 Å².